The van der Waals surface area contributed by atoms with Crippen LogP contribution in [-0.2, 0) is 15.8 Å². The summed E-state index contributed by atoms with van der Waals surface area (Å²) in [5.41, 5.74) is 0.578. The minimum Gasteiger partial charge on any atom is -0.343 e. The Kier molecular flexibility index (Phi) is 4.03. The van der Waals surface area contributed by atoms with Gasteiger partial charge in [-0.25, -0.2) is 17.5 Å². The molecule has 0 unspecified atom stereocenters. The van der Waals surface area contributed by atoms with Crippen molar-refractivity contribution in [1.82, 2.24) is 14.9 Å². The van der Waals surface area contributed by atoms with E-state index in [1.807, 2.05) is 4.72 Å². The molecule has 0 atom stereocenters. The number of aryl methyl sites for hydroxylation is 2. The van der Waals surface area contributed by atoms with Gasteiger partial charge in [0.2, 0.25) is 16.4 Å². The molecule has 0 spiro atoms. The van der Waals surface area contributed by atoms with Crippen LogP contribution in [0.15, 0.2) is 23.0 Å². The van der Waals surface area contributed by atoms with Crippen LogP contribution in [0.1, 0.15) is 27.3 Å². The van der Waals surface area contributed by atoms with E-state index in [0.717, 1.165) is 6.39 Å². The second-order valence-corrected chi connectivity index (χ2v) is 6.18. The Balaban J connectivity index is 2.18. The predicted molar refractivity (Wildman–Crippen MR) is 70.3 cm³/mol. The fourth-order valence-electron chi connectivity index (χ4n) is 1.74. The molecule has 1 aromatic carbocycles. The molecule has 21 heavy (non-hydrogen) atoms. The van der Waals surface area contributed by atoms with E-state index in [1.165, 1.54) is 26.0 Å². The van der Waals surface area contributed by atoms with Gasteiger partial charge in [0.05, 0.1) is 0 Å². The molecule has 0 aliphatic carbocycles. The van der Waals surface area contributed by atoms with Crippen molar-refractivity contribution in [3.8, 4) is 0 Å². The summed E-state index contributed by atoms with van der Waals surface area (Å²) in [6.45, 7) is 2.99. The van der Waals surface area contributed by atoms with Gasteiger partial charge in [0, 0.05) is 5.56 Å². The number of nitrogens with one attached hydrogen (secondary N) is 1. The van der Waals surface area contributed by atoms with Crippen LogP contribution >= 0.6 is 0 Å². The van der Waals surface area contributed by atoms with Gasteiger partial charge < -0.3 is 4.52 Å². The topological polar surface area (TPSA) is 102 Å². The third-order valence-corrected chi connectivity index (χ3v) is 3.81. The van der Waals surface area contributed by atoms with Crippen LogP contribution in [0.3, 0.4) is 0 Å². The Morgan fingerprint density at radius 3 is 2.48 bits per heavy atom. The molecule has 1 heterocycles. The van der Waals surface area contributed by atoms with Crippen LogP contribution in [0, 0.1) is 19.7 Å². The van der Waals surface area contributed by atoms with Crippen LogP contribution in [0.25, 0.3) is 0 Å². The molecule has 0 aliphatic heterocycles. The van der Waals surface area contributed by atoms with Crippen molar-refractivity contribution in [2.75, 3.05) is 0 Å². The molecule has 0 fully saturated rings. The van der Waals surface area contributed by atoms with Gasteiger partial charge in [-0.05, 0) is 37.1 Å². The summed E-state index contributed by atoms with van der Waals surface area (Å²) in [7, 11) is -3.97. The van der Waals surface area contributed by atoms with Crippen molar-refractivity contribution in [2.45, 2.75) is 19.6 Å². The number of carbonyl (C=O) groups is 1. The molecule has 0 saturated carbocycles. The number of halogens is 1. The van der Waals surface area contributed by atoms with E-state index >= 15 is 0 Å². The van der Waals surface area contributed by atoms with Gasteiger partial charge in [-0.15, -0.1) is 0 Å². The van der Waals surface area contributed by atoms with E-state index in [-0.39, 0.29) is 22.5 Å². The van der Waals surface area contributed by atoms with Crippen molar-refractivity contribution < 1.29 is 22.1 Å². The van der Waals surface area contributed by atoms with Gasteiger partial charge in [0.1, 0.15) is 11.6 Å². The van der Waals surface area contributed by atoms with Crippen LogP contribution in [0.2, 0.25) is 0 Å². The molecule has 7 nitrogen and oxygen atoms in total. The largest absolute Gasteiger partial charge is 0.343 e. The zero-order chi connectivity index (χ0) is 15.6. The Labute approximate surface area is 120 Å². The quantitative estimate of drug-likeness (QED) is 0.906. The number of aromatic nitrogens is 2. The lowest BCUT2D eigenvalue weighted by molar-refractivity contribution is 0.0981. The molecule has 0 bridgehead atoms. The number of benzene rings is 1. The van der Waals surface area contributed by atoms with Gasteiger partial charge >= 0.3 is 0 Å². The van der Waals surface area contributed by atoms with Gasteiger partial charge in [-0.2, -0.15) is 4.98 Å². The summed E-state index contributed by atoms with van der Waals surface area (Å²) < 4.78 is 43.4. The minimum absolute atomic E-state index is 0.0584. The highest BCUT2D eigenvalue weighted by Crippen LogP contribution is 2.15. The number of carbonyl (C=O) groups excluding carboxylic acids is 1. The lowest BCUT2D eigenvalue weighted by Gasteiger charge is -2.08. The summed E-state index contributed by atoms with van der Waals surface area (Å²) in [4.78, 5) is 15.5. The Hall–Kier alpha value is -2.29. The third kappa shape index (κ3) is 3.63. The molecular weight excluding hydrogens is 301 g/mol. The van der Waals surface area contributed by atoms with E-state index in [0.29, 0.717) is 0 Å². The standard InChI is InChI=1S/C12H12FN3O4S/c1-7-3-9(4-8(2)11(7)13)12(17)16-21(18,19)5-10-14-6-20-15-10/h3-4,6H,5H2,1-2H3,(H,16,17). The zero-order valence-corrected chi connectivity index (χ0v) is 12.1. The van der Waals surface area contributed by atoms with E-state index in [4.69, 9.17) is 0 Å². The average Bonchev–Trinajstić information content (AvgIpc) is 2.86. The van der Waals surface area contributed by atoms with Crippen LogP contribution in [0.4, 0.5) is 4.39 Å². The Morgan fingerprint density at radius 1 is 1.33 bits per heavy atom. The maximum absolute atomic E-state index is 13.5. The van der Waals surface area contributed by atoms with Gasteiger partial charge in [0.15, 0.2) is 5.82 Å². The first-order valence-corrected chi connectivity index (χ1v) is 7.50. The molecule has 112 valence electrons. The summed E-state index contributed by atoms with van der Waals surface area (Å²) in [6, 6.07) is 2.56. The average molecular weight is 313 g/mol. The van der Waals surface area contributed by atoms with Crippen molar-refractivity contribution in [2.24, 2.45) is 0 Å². The molecule has 2 rings (SSSR count). The van der Waals surface area contributed by atoms with Crippen molar-refractivity contribution in [1.29, 1.82) is 0 Å². The third-order valence-electron chi connectivity index (χ3n) is 2.67. The number of rotatable bonds is 4. The Morgan fingerprint density at radius 2 is 1.95 bits per heavy atom. The number of amides is 1. The van der Waals surface area contributed by atoms with Crippen LogP contribution in [0.5, 0.6) is 0 Å². The Bertz CT molecular complexity index is 749. The maximum atomic E-state index is 13.5. The lowest BCUT2D eigenvalue weighted by Crippen LogP contribution is -2.32. The fraction of sp³-hybridized carbons (Fsp3) is 0.250. The summed E-state index contributed by atoms with van der Waals surface area (Å²) in [5, 5.41) is 3.36. The highest BCUT2D eigenvalue weighted by molar-refractivity contribution is 7.89. The first kappa shape index (κ1) is 15.1. The van der Waals surface area contributed by atoms with E-state index in [1.54, 1.807) is 0 Å². The molecule has 1 aromatic heterocycles. The summed E-state index contributed by atoms with van der Waals surface area (Å²) in [6.07, 6.45) is 0.985. The maximum Gasteiger partial charge on any atom is 0.264 e. The second kappa shape index (κ2) is 5.60. The summed E-state index contributed by atoms with van der Waals surface area (Å²) in [5.74, 6) is -1.93. The van der Waals surface area contributed by atoms with Gasteiger partial charge in [0.25, 0.3) is 5.91 Å². The number of sulfonamides is 1. The monoisotopic (exact) mass is 313 g/mol. The SMILES string of the molecule is Cc1cc(C(=O)NS(=O)(=O)Cc2ncon2)cc(C)c1F. The minimum atomic E-state index is -3.97. The smallest absolute Gasteiger partial charge is 0.264 e. The fourth-order valence-corrected chi connectivity index (χ4v) is 2.68. The first-order chi connectivity index (χ1) is 9.78. The highest BCUT2D eigenvalue weighted by Gasteiger charge is 2.20. The van der Waals surface area contributed by atoms with Crippen molar-refractivity contribution in [3.05, 3.63) is 46.9 Å². The molecule has 0 saturated heterocycles. The highest BCUT2D eigenvalue weighted by atomic mass is 32.2. The van der Waals surface area contributed by atoms with Crippen LogP contribution < -0.4 is 4.72 Å². The number of hydrogen-bond acceptors (Lipinski definition) is 6. The normalized spacial score (nSPS) is 11.4. The van der Waals surface area contributed by atoms with Crippen molar-refractivity contribution >= 4 is 15.9 Å². The summed E-state index contributed by atoms with van der Waals surface area (Å²) >= 11 is 0. The molecule has 0 radical (unpaired) electrons. The first-order valence-electron chi connectivity index (χ1n) is 5.85. The molecule has 1 N–H and O–H groups in total. The lowest BCUT2D eigenvalue weighted by atomic mass is 10.1. The van der Waals surface area contributed by atoms with E-state index in [9.17, 15) is 17.6 Å². The van der Waals surface area contributed by atoms with Gasteiger partial charge in [-0.1, -0.05) is 5.16 Å². The number of hydrogen-bond donors (Lipinski definition) is 1. The zero-order valence-electron chi connectivity index (χ0n) is 11.3. The van der Waals surface area contributed by atoms with E-state index in [2.05, 4.69) is 14.7 Å². The van der Waals surface area contributed by atoms with Crippen molar-refractivity contribution in [3.63, 3.8) is 0 Å². The predicted octanol–water partition coefficient (Wildman–Crippen LogP) is 1.09. The molecule has 1 amide bonds. The molecule has 0 aliphatic rings. The van der Waals surface area contributed by atoms with E-state index < -0.39 is 27.5 Å². The van der Waals surface area contributed by atoms with Gasteiger partial charge in [-0.3, -0.25) is 4.79 Å². The molecular formula is C12H12FN3O4S. The second-order valence-electron chi connectivity index (χ2n) is 4.46. The van der Waals surface area contributed by atoms with Crippen LogP contribution in [-0.4, -0.2) is 24.5 Å². The molecule has 2 aromatic rings. The molecule has 9 heteroatoms. The number of nitrogens with zero attached hydrogens (tertiary/aromatic N) is 2.